The van der Waals surface area contributed by atoms with E-state index in [0.717, 1.165) is 0 Å². The molecule has 0 bridgehead atoms. The average Bonchev–Trinajstić information content (AvgIpc) is 3.08. The van der Waals surface area contributed by atoms with Crippen LogP contribution in [0.2, 0.25) is 5.02 Å². The van der Waals surface area contributed by atoms with Gasteiger partial charge >= 0.3 is 0 Å². The number of pyridine rings is 1. The van der Waals surface area contributed by atoms with Crippen molar-refractivity contribution in [2.24, 2.45) is 0 Å². The van der Waals surface area contributed by atoms with Crippen molar-refractivity contribution in [2.45, 2.75) is 43.4 Å². The van der Waals surface area contributed by atoms with E-state index in [-0.39, 0.29) is 53.6 Å². The van der Waals surface area contributed by atoms with Crippen LogP contribution in [0, 0.1) is 5.82 Å². The number of ether oxygens (including phenoxy) is 6. The Hall–Kier alpha value is -3.50. The maximum absolute atomic E-state index is 14.5. The minimum Gasteiger partial charge on any atom is -0.491 e. The molecule has 3 N–H and O–H groups in total. The summed E-state index contributed by atoms with van der Waals surface area (Å²) in [4.78, 5) is 25.9. The molecule has 15 heteroatoms. The fraction of sp³-hybridized carbons (Fsp3) is 0.500. The smallest absolute Gasteiger partial charge is 0.254 e. The van der Waals surface area contributed by atoms with Gasteiger partial charge in [0.25, 0.3) is 5.91 Å². The van der Waals surface area contributed by atoms with E-state index in [0.29, 0.717) is 61.1 Å². The van der Waals surface area contributed by atoms with Gasteiger partial charge in [-0.15, -0.1) is 0 Å². The van der Waals surface area contributed by atoms with E-state index < -0.39 is 5.82 Å². The molecule has 0 saturated carbocycles. The zero-order valence-electron chi connectivity index (χ0n) is 27.1. The molecule has 3 heterocycles. The molecule has 0 spiro atoms. The van der Waals surface area contributed by atoms with E-state index in [4.69, 9.17) is 40.0 Å². The largest absolute Gasteiger partial charge is 0.491 e. The van der Waals surface area contributed by atoms with Crippen LogP contribution in [-0.4, -0.2) is 113 Å². The number of nitrogens with one attached hydrogen (secondary N) is 3. The molecule has 0 radical (unpaired) electrons. The van der Waals surface area contributed by atoms with Gasteiger partial charge in [-0.2, -0.15) is 0 Å². The summed E-state index contributed by atoms with van der Waals surface area (Å²) in [7, 11) is 7.98. The third-order valence-corrected chi connectivity index (χ3v) is 8.00. The Bertz CT molecular complexity index is 1460. The molecule has 1 aliphatic heterocycles. The molecular formula is C32H42ClFN6O7. The summed E-state index contributed by atoms with van der Waals surface area (Å²) in [5, 5.41) is 9.78. The molecule has 1 unspecified atom stereocenters. The average molecular weight is 677 g/mol. The summed E-state index contributed by atoms with van der Waals surface area (Å²) >= 11 is 6.06. The Labute approximate surface area is 278 Å². The van der Waals surface area contributed by atoms with Crippen molar-refractivity contribution in [1.82, 2.24) is 25.6 Å². The van der Waals surface area contributed by atoms with Crippen molar-refractivity contribution < 1.29 is 37.6 Å². The highest BCUT2D eigenvalue weighted by molar-refractivity contribution is 6.30. The molecule has 13 nitrogen and oxygen atoms in total. The standard InChI is InChI=1S/C32H42ClFN6O7/c1-42-18-26-28(45-4)29(46-5)27(44-3)24(47-26)10-14-35-11-6-12-37-32(41)21-16-36-13-9-23(21)39-31-25(43-2)17-38-30(40-31)20-15-19(33)7-8-22(20)34/h7-9,13,15-17,24,26-29,35H,6,10-12,14,18H2,1-5H3,(H,37,41)(H,36,38,39,40)/t24?,26-,27+,28+,29-/m1/s1. The van der Waals surface area contributed by atoms with Crippen LogP contribution in [0.15, 0.2) is 42.9 Å². The Kier molecular flexibility index (Phi) is 14.0. The molecular weight excluding hydrogens is 635 g/mol. The first-order chi connectivity index (χ1) is 22.8. The van der Waals surface area contributed by atoms with Crippen LogP contribution in [0.5, 0.6) is 5.75 Å². The third kappa shape index (κ3) is 9.32. The number of carbonyl (C=O) groups excluding carboxylic acids is 1. The van der Waals surface area contributed by atoms with E-state index in [2.05, 4.69) is 30.9 Å². The van der Waals surface area contributed by atoms with Crippen molar-refractivity contribution in [2.75, 3.05) is 67.1 Å². The second kappa shape index (κ2) is 18.2. The van der Waals surface area contributed by atoms with Gasteiger partial charge < -0.3 is 44.4 Å². The van der Waals surface area contributed by atoms with Crippen LogP contribution >= 0.6 is 11.6 Å². The molecule has 4 rings (SSSR count). The van der Waals surface area contributed by atoms with Crippen LogP contribution in [0.25, 0.3) is 11.4 Å². The lowest BCUT2D eigenvalue weighted by atomic mass is 9.93. The number of anilines is 2. The van der Waals surface area contributed by atoms with Gasteiger partial charge in [-0.25, -0.2) is 14.4 Å². The lowest BCUT2D eigenvalue weighted by molar-refractivity contribution is -0.250. The molecule has 47 heavy (non-hydrogen) atoms. The van der Waals surface area contributed by atoms with Crippen LogP contribution < -0.4 is 20.7 Å². The van der Waals surface area contributed by atoms with Gasteiger partial charge in [0.15, 0.2) is 17.4 Å². The molecule has 256 valence electrons. The van der Waals surface area contributed by atoms with Gasteiger partial charge in [-0.3, -0.25) is 9.78 Å². The molecule has 0 aliphatic carbocycles. The highest BCUT2D eigenvalue weighted by Gasteiger charge is 2.46. The normalized spacial score (nSPS) is 21.0. The Balaban J connectivity index is 1.30. The highest BCUT2D eigenvalue weighted by atomic mass is 35.5. The fourth-order valence-electron chi connectivity index (χ4n) is 5.46. The van der Waals surface area contributed by atoms with Crippen molar-refractivity contribution in [3.05, 3.63) is 59.3 Å². The molecule has 2 aromatic heterocycles. The minimum atomic E-state index is -0.527. The molecule has 1 fully saturated rings. The van der Waals surface area contributed by atoms with Gasteiger partial charge in [0.2, 0.25) is 0 Å². The summed E-state index contributed by atoms with van der Waals surface area (Å²) < 4.78 is 48.6. The monoisotopic (exact) mass is 676 g/mol. The van der Waals surface area contributed by atoms with E-state index >= 15 is 0 Å². The lowest BCUT2D eigenvalue weighted by Crippen LogP contribution is -2.60. The number of hydrogen-bond acceptors (Lipinski definition) is 12. The Morgan fingerprint density at radius 3 is 2.47 bits per heavy atom. The molecule has 3 aromatic rings. The summed E-state index contributed by atoms with van der Waals surface area (Å²) in [5.41, 5.74) is 0.856. The number of benzene rings is 1. The SMILES string of the molecule is COC[C@H]1OC(CCNCCCNC(=O)c2cnccc2Nc2nc(-c3cc(Cl)ccc3F)ncc2OC)[C@H](OC)[C@@H](OC)[C@H]1OC. The number of amides is 1. The predicted octanol–water partition coefficient (Wildman–Crippen LogP) is 3.64. The highest BCUT2D eigenvalue weighted by Crippen LogP contribution is 2.31. The van der Waals surface area contributed by atoms with Crippen molar-refractivity contribution >= 4 is 29.0 Å². The summed E-state index contributed by atoms with van der Waals surface area (Å²) in [6, 6.07) is 5.76. The zero-order valence-corrected chi connectivity index (χ0v) is 27.9. The maximum atomic E-state index is 14.5. The van der Waals surface area contributed by atoms with Crippen molar-refractivity contribution in [1.29, 1.82) is 0 Å². The van der Waals surface area contributed by atoms with Crippen LogP contribution in [0.3, 0.4) is 0 Å². The molecule has 1 aliphatic rings. The van der Waals surface area contributed by atoms with E-state index in [1.807, 2.05) is 0 Å². The van der Waals surface area contributed by atoms with Gasteiger partial charge in [0.05, 0.1) is 42.8 Å². The van der Waals surface area contributed by atoms with Crippen LogP contribution in [-0.2, 0) is 23.7 Å². The minimum absolute atomic E-state index is 0.0983. The number of halogens is 2. The van der Waals surface area contributed by atoms with Crippen molar-refractivity contribution in [3.63, 3.8) is 0 Å². The van der Waals surface area contributed by atoms with Crippen molar-refractivity contribution in [3.8, 4) is 17.1 Å². The first-order valence-corrected chi connectivity index (χ1v) is 15.5. The number of aromatic nitrogens is 3. The van der Waals surface area contributed by atoms with Gasteiger partial charge in [0.1, 0.15) is 30.2 Å². The Morgan fingerprint density at radius 1 is 0.979 bits per heavy atom. The number of carbonyl (C=O) groups is 1. The molecule has 1 amide bonds. The van der Waals surface area contributed by atoms with E-state index in [9.17, 15) is 9.18 Å². The van der Waals surface area contributed by atoms with Crippen LogP contribution in [0.1, 0.15) is 23.2 Å². The lowest BCUT2D eigenvalue weighted by Gasteiger charge is -2.45. The van der Waals surface area contributed by atoms with Crippen LogP contribution in [0.4, 0.5) is 15.9 Å². The van der Waals surface area contributed by atoms with Gasteiger partial charge in [-0.1, -0.05) is 11.6 Å². The first-order valence-electron chi connectivity index (χ1n) is 15.1. The maximum Gasteiger partial charge on any atom is 0.254 e. The van der Waals surface area contributed by atoms with Gasteiger partial charge in [0, 0.05) is 52.4 Å². The molecule has 1 saturated heterocycles. The fourth-order valence-corrected chi connectivity index (χ4v) is 5.63. The number of nitrogens with zero attached hydrogens (tertiary/aromatic N) is 3. The third-order valence-electron chi connectivity index (χ3n) is 7.76. The molecule has 5 atom stereocenters. The van der Waals surface area contributed by atoms with Gasteiger partial charge in [-0.05, 0) is 50.2 Å². The second-order valence-corrected chi connectivity index (χ2v) is 11.1. The second-order valence-electron chi connectivity index (χ2n) is 10.7. The topological polar surface area (TPSA) is 147 Å². The summed E-state index contributed by atoms with van der Waals surface area (Å²) in [6.45, 7) is 2.14. The predicted molar refractivity (Wildman–Crippen MR) is 174 cm³/mol. The summed E-state index contributed by atoms with van der Waals surface area (Å²) in [6.07, 6.45) is 4.38. The number of hydrogen-bond donors (Lipinski definition) is 3. The number of methoxy groups -OCH3 is 5. The van der Waals surface area contributed by atoms with E-state index in [1.165, 1.54) is 37.7 Å². The first kappa shape index (κ1) is 36.3. The summed E-state index contributed by atoms with van der Waals surface area (Å²) in [5.74, 6) is -0.216. The Morgan fingerprint density at radius 2 is 1.74 bits per heavy atom. The number of rotatable bonds is 17. The molecule has 1 aromatic carbocycles. The van der Waals surface area contributed by atoms with E-state index in [1.54, 1.807) is 40.7 Å². The zero-order chi connectivity index (χ0) is 33.8. The quantitative estimate of drug-likeness (QED) is 0.179.